The summed E-state index contributed by atoms with van der Waals surface area (Å²) < 4.78 is 44.7. The van der Waals surface area contributed by atoms with Crippen LogP contribution >= 0.6 is 0 Å². The summed E-state index contributed by atoms with van der Waals surface area (Å²) in [5, 5.41) is 101. The van der Waals surface area contributed by atoms with E-state index in [1.165, 1.54) is 36.9 Å². The van der Waals surface area contributed by atoms with Crippen molar-refractivity contribution in [3.05, 3.63) is 17.5 Å². The van der Waals surface area contributed by atoms with Gasteiger partial charge in [0.1, 0.15) is 67.3 Å². The molecule has 0 radical (unpaired) electrons. The summed E-state index contributed by atoms with van der Waals surface area (Å²) in [7, 11) is 0. The molecule has 1 aromatic rings. The first-order valence-corrected chi connectivity index (χ1v) is 26.6. The van der Waals surface area contributed by atoms with Crippen molar-refractivity contribution in [1.29, 1.82) is 0 Å². The van der Waals surface area contributed by atoms with Crippen LogP contribution in [-0.4, -0.2) is 195 Å². The van der Waals surface area contributed by atoms with Crippen LogP contribution in [0.5, 0.6) is 0 Å². The normalized spacial score (nSPS) is 51.2. The van der Waals surface area contributed by atoms with Crippen LogP contribution in [0.15, 0.2) is 11.6 Å². The molecule has 22 nitrogen and oxygen atoms in total. The Morgan fingerprint density at radius 2 is 1.53 bits per heavy atom. The number of ether oxygens (including phenoxy) is 7. The summed E-state index contributed by atoms with van der Waals surface area (Å²) in [6.07, 6.45) is -10.4. The Balaban J connectivity index is 0.820. The monoisotopic (exact) mass is 1020 g/mol. The molecule has 0 aromatic carbocycles. The van der Waals surface area contributed by atoms with Crippen molar-refractivity contribution in [3.63, 3.8) is 0 Å². The molecule has 8 fully saturated rings. The molecule has 1 amide bonds. The van der Waals surface area contributed by atoms with Crippen molar-refractivity contribution in [3.8, 4) is 0 Å². The van der Waals surface area contributed by atoms with Crippen LogP contribution in [0, 0.1) is 46.3 Å². The molecule has 406 valence electrons. The van der Waals surface area contributed by atoms with E-state index in [1.54, 1.807) is 6.92 Å². The molecule has 1 spiro atoms. The lowest BCUT2D eigenvalue weighted by atomic mass is 9.46. The number of amides is 1. The van der Waals surface area contributed by atoms with Crippen molar-refractivity contribution in [2.24, 2.45) is 46.3 Å². The smallest absolute Gasteiger partial charge is 0.220 e. The summed E-state index contributed by atoms with van der Waals surface area (Å²) in [6.45, 7) is 14.2. The molecule has 3 saturated carbocycles. The topological polar surface area (TPSA) is 302 Å². The number of fused-ring (bicyclic) bond motifs is 7. The average molecular weight is 1020 g/mol. The SMILES string of the molecule is CC(=O)N(Cc1nnnn1CN[C@@H]1O[C@H](CO)[C@@H](O[C@@H]2O[C@@H](C)[C@H](O)[C@@H](O)[C@H]2O)[C@H](O)[C@H]1O[C@@H]1O[C@@H](C)[C@H](O)[C@@H](O)[C@H]1O)[C@H]1CC[C@@]2(C)C(=CC[C@H]3[C@@H]4C[C@@H]5O[C@]6(CC[C@@H](C)CO6)[C@@H](C)[C@@H]5[C@@]4(C)CC[C@@H]32)C1. The highest BCUT2D eigenvalue weighted by Crippen LogP contribution is 2.70. The molecule has 10 rings (SSSR count). The molecule has 0 unspecified atom stereocenters. The van der Waals surface area contributed by atoms with Crippen molar-refractivity contribution in [1.82, 2.24) is 30.4 Å². The van der Waals surface area contributed by atoms with Gasteiger partial charge in [0.05, 0.1) is 44.7 Å². The number of aromatic nitrogens is 4. The first-order valence-electron chi connectivity index (χ1n) is 26.6. The third-order valence-electron chi connectivity index (χ3n) is 19.6. The van der Waals surface area contributed by atoms with Crippen molar-refractivity contribution in [2.75, 3.05) is 13.2 Å². The third kappa shape index (κ3) is 9.00. The minimum atomic E-state index is -1.77. The molecule has 26 atom stereocenters. The van der Waals surface area contributed by atoms with E-state index in [-0.39, 0.29) is 42.1 Å². The van der Waals surface area contributed by atoms with Gasteiger partial charge in [0.2, 0.25) is 5.91 Å². The number of allylic oxidation sites excluding steroid dienone is 1. The van der Waals surface area contributed by atoms with E-state index < -0.39 is 104 Å². The fourth-order valence-electron chi connectivity index (χ4n) is 15.3. The molecule has 4 aliphatic carbocycles. The van der Waals surface area contributed by atoms with Gasteiger partial charge in [0.25, 0.3) is 0 Å². The fraction of sp³-hybridized carbons (Fsp3) is 0.920. The number of aliphatic hydroxyl groups excluding tert-OH is 8. The first-order chi connectivity index (χ1) is 34.2. The summed E-state index contributed by atoms with van der Waals surface area (Å²) >= 11 is 0. The quantitative estimate of drug-likeness (QED) is 0.130. The van der Waals surface area contributed by atoms with Crippen molar-refractivity contribution >= 4 is 5.91 Å². The minimum Gasteiger partial charge on any atom is -0.394 e. The van der Waals surface area contributed by atoms with E-state index in [4.69, 9.17) is 33.2 Å². The molecular weight excluding hydrogens is 941 g/mol. The van der Waals surface area contributed by atoms with Crippen LogP contribution < -0.4 is 5.32 Å². The number of carbonyl (C=O) groups excluding carboxylic acids is 1. The van der Waals surface area contributed by atoms with Crippen LogP contribution in [-0.2, 0) is 51.2 Å². The van der Waals surface area contributed by atoms with E-state index in [0.717, 1.165) is 51.6 Å². The number of nitrogens with zero attached hydrogens (tertiary/aromatic N) is 5. The zero-order valence-corrected chi connectivity index (χ0v) is 42.6. The van der Waals surface area contributed by atoms with Crippen LogP contribution in [0.4, 0.5) is 0 Å². The zero-order valence-electron chi connectivity index (χ0n) is 42.6. The second-order valence-corrected chi connectivity index (χ2v) is 23.6. The Bertz CT molecular complexity index is 2120. The second kappa shape index (κ2) is 20.2. The van der Waals surface area contributed by atoms with E-state index >= 15 is 0 Å². The fourth-order valence-corrected chi connectivity index (χ4v) is 15.3. The molecule has 22 heteroatoms. The molecule has 5 saturated heterocycles. The predicted molar refractivity (Wildman–Crippen MR) is 249 cm³/mol. The van der Waals surface area contributed by atoms with Crippen LogP contribution in [0.3, 0.4) is 0 Å². The lowest BCUT2D eigenvalue weighted by molar-refractivity contribution is -0.364. The molecule has 9 N–H and O–H groups in total. The maximum absolute atomic E-state index is 13.6. The van der Waals surface area contributed by atoms with Crippen LogP contribution in [0.2, 0.25) is 0 Å². The van der Waals surface area contributed by atoms with Gasteiger partial charge in [-0.3, -0.25) is 10.1 Å². The van der Waals surface area contributed by atoms with Gasteiger partial charge in [-0.25, -0.2) is 4.68 Å². The Kier molecular flexibility index (Phi) is 14.9. The largest absolute Gasteiger partial charge is 0.394 e. The minimum absolute atomic E-state index is 0.0302. The Morgan fingerprint density at radius 1 is 0.847 bits per heavy atom. The zero-order chi connectivity index (χ0) is 51.3. The molecule has 5 aliphatic heterocycles. The molecule has 9 aliphatic rings. The molecule has 6 heterocycles. The van der Waals surface area contributed by atoms with Gasteiger partial charge >= 0.3 is 0 Å². The highest BCUT2D eigenvalue weighted by atomic mass is 16.7. The van der Waals surface area contributed by atoms with E-state index in [2.05, 4.69) is 54.6 Å². The van der Waals surface area contributed by atoms with Crippen LogP contribution in [0.1, 0.15) is 112 Å². The van der Waals surface area contributed by atoms with Gasteiger partial charge in [-0.2, -0.15) is 0 Å². The number of carbonyl (C=O) groups is 1. The van der Waals surface area contributed by atoms with Gasteiger partial charge in [0, 0.05) is 25.3 Å². The van der Waals surface area contributed by atoms with Gasteiger partial charge in [-0.15, -0.1) is 5.10 Å². The predicted octanol–water partition coefficient (Wildman–Crippen LogP) is -0.193. The van der Waals surface area contributed by atoms with Crippen molar-refractivity contribution in [2.45, 2.75) is 229 Å². The average Bonchev–Trinajstić information content (AvgIpc) is 4.01. The van der Waals surface area contributed by atoms with E-state index in [9.17, 15) is 45.6 Å². The number of rotatable bonds is 11. The molecule has 72 heavy (non-hydrogen) atoms. The summed E-state index contributed by atoms with van der Waals surface area (Å²) in [4.78, 5) is 15.5. The standard InChI is InChI=1S/C50H80N6O16/c1-22-10-15-50(66-20-22)23(2)35-32(72-50)17-31-29-9-8-27-16-28(11-13-48(27,6)30(29)12-14-49(31,35)7)55(26(5)58)18-34-52-53-54-56(34)21-51-45-44(71-47-41(64)39(62)37(60)25(4)68-47)42(65)43(33(19-57)69-45)70-46-40(63)38(61)36(59)24(3)67-46/h8,22-25,28-33,35-47,51,57,59-65H,9-21H2,1-7H3/t22-,23+,24+,25+,28+,29-,30+,31+,32+,33-,35+,36+,37+,38-,39-,40-,41-,42+,43-,44-,45-,46+,47+,48+,49+,50-/m1/s1. The van der Waals surface area contributed by atoms with Gasteiger partial charge in [-0.1, -0.05) is 39.3 Å². The number of hydrogen-bond donors (Lipinski definition) is 9. The van der Waals surface area contributed by atoms with E-state index in [0.29, 0.717) is 41.3 Å². The van der Waals surface area contributed by atoms with Gasteiger partial charge in [0.15, 0.2) is 24.2 Å². The second-order valence-electron chi connectivity index (χ2n) is 23.6. The first kappa shape index (κ1) is 53.1. The number of tetrazole rings is 1. The lowest BCUT2D eigenvalue weighted by Crippen LogP contribution is -2.68. The van der Waals surface area contributed by atoms with Gasteiger partial charge < -0.3 is 78.9 Å². The number of nitrogens with one attached hydrogen (secondary N) is 1. The number of hydrogen-bond acceptors (Lipinski definition) is 20. The summed E-state index contributed by atoms with van der Waals surface area (Å²) in [5.74, 6) is 2.98. The Hall–Kier alpha value is -2.36. The Labute approximate surface area is 420 Å². The lowest BCUT2D eigenvalue weighted by Gasteiger charge is -2.59. The van der Waals surface area contributed by atoms with E-state index in [1.807, 2.05) is 4.90 Å². The number of aliphatic hydroxyl groups is 8. The molecule has 0 bridgehead atoms. The molecular formula is C50H80N6O16. The summed E-state index contributed by atoms with van der Waals surface area (Å²) in [6, 6.07) is -0.0890. The Morgan fingerprint density at radius 3 is 2.17 bits per heavy atom. The summed E-state index contributed by atoms with van der Waals surface area (Å²) in [5.41, 5.74) is 1.67. The third-order valence-corrected chi connectivity index (χ3v) is 19.6. The highest BCUT2D eigenvalue weighted by molar-refractivity contribution is 5.73. The van der Waals surface area contributed by atoms with Crippen LogP contribution in [0.25, 0.3) is 0 Å². The molecule has 1 aromatic heterocycles. The van der Waals surface area contributed by atoms with Gasteiger partial charge in [-0.05, 0) is 116 Å². The maximum Gasteiger partial charge on any atom is 0.220 e. The highest BCUT2D eigenvalue weighted by Gasteiger charge is 2.69. The van der Waals surface area contributed by atoms with Crippen molar-refractivity contribution < 1.29 is 78.8 Å². The maximum atomic E-state index is 13.6.